The molecule has 0 atom stereocenters. The van der Waals surface area contributed by atoms with Gasteiger partial charge in [-0.2, -0.15) is 9.40 Å². The SMILES string of the molecule is Cn1nc(CC(=O)NCc2ccccc2S(=O)(=O)N2CCOCC2)c2ccccc2c1=O. The second-order valence-corrected chi connectivity index (χ2v) is 9.41. The highest BCUT2D eigenvalue weighted by molar-refractivity contribution is 7.89. The van der Waals surface area contributed by atoms with Gasteiger partial charge in [0.1, 0.15) is 0 Å². The Morgan fingerprint density at radius 1 is 1.06 bits per heavy atom. The Labute approximate surface area is 185 Å². The van der Waals surface area contributed by atoms with Gasteiger partial charge in [-0.05, 0) is 17.7 Å². The maximum atomic E-state index is 13.1. The highest BCUT2D eigenvalue weighted by atomic mass is 32.2. The van der Waals surface area contributed by atoms with E-state index >= 15 is 0 Å². The number of sulfonamides is 1. The van der Waals surface area contributed by atoms with Crippen molar-refractivity contribution in [1.29, 1.82) is 0 Å². The van der Waals surface area contributed by atoms with Crippen molar-refractivity contribution in [1.82, 2.24) is 19.4 Å². The van der Waals surface area contributed by atoms with Crippen LogP contribution in [0.3, 0.4) is 0 Å². The molecule has 1 aromatic heterocycles. The monoisotopic (exact) mass is 456 g/mol. The second-order valence-electron chi connectivity index (χ2n) is 7.50. The molecule has 1 aliphatic heterocycles. The first-order valence-corrected chi connectivity index (χ1v) is 11.7. The molecule has 0 radical (unpaired) electrons. The number of fused-ring (bicyclic) bond motifs is 1. The van der Waals surface area contributed by atoms with E-state index in [4.69, 9.17) is 4.74 Å². The van der Waals surface area contributed by atoms with Gasteiger partial charge < -0.3 is 10.1 Å². The van der Waals surface area contributed by atoms with Gasteiger partial charge in [-0.15, -0.1) is 0 Å². The summed E-state index contributed by atoms with van der Waals surface area (Å²) in [5, 5.41) is 8.15. The lowest BCUT2D eigenvalue weighted by molar-refractivity contribution is -0.120. The van der Waals surface area contributed by atoms with E-state index in [1.807, 2.05) is 0 Å². The standard InChI is InChI=1S/C22H24N4O5S/c1-25-22(28)18-8-4-3-7-17(18)19(24-25)14-21(27)23-15-16-6-2-5-9-20(16)32(29,30)26-10-12-31-13-11-26/h2-9H,10-15H2,1H3,(H,23,27). The Hall–Kier alpha value is -3.08. The number of amides is 1. The summed E-state index contributed by atoms with van der Waals surface area (Å²) >= 11 is 0. The summed E-state index contributed by atoms with van der Waals surface area (Å²) in [6.07, 6.45) is -0.0347. The van der Waals surface area contributed by atoms with Crippen LogP contribution in [-0.4, -0.2) is 54.7 Å². The summed E-state index contributed by atoms with van der Waals surface area (Å²) in [7, 11) is -2.14. The molecule has 0 saturated carbocycles. The zero-order valence-corrected chi connectivity index (χ0v) is 18.5. The number of rotatable bonds is 6. The molecule has 0 spiro atoms. The zero-order valence-electron chi connectivity index (χ0n) is 17.7. The van der Waals surface area contributed by atoms with Gasteiger partial charge in [-0.3, -0.25) is 9.59 Å². The van der Waals surface area contributed by atoms with Crippen LogP contribution in [0.15, 0.2) is 58.2 Å². The molecule has 0 bridgehead atoms. The number of nitrogens with zero attached hydrogens (tertiary/aromatic N) is 3. The van der Waals surface area contributed by atoms with Crippen LogP contribution >= 0.6 is 0 Å². The van der Waals surface area contributed by atoms with Crippen LogP contribution in [0.25, 0.3) is 10.8 Å². The lowest BCUT2D eigenvalue weighted by atomic mass is 10.1. The molecule has 1 fully saturated rings. The molecule has 9 nitrogen and oxygen atoms in total. The van der Waals surface area contributed by atoms with E-state index in [0.29, 0.717) is 48.3 Å². The van der Waals surface area contributed by atoms with Gasteiger partial charge in [0.25, 0.3) is 5.56 Å². The molecule has 3 aromatic rings. The molecule has 0 unspecified atom stereocenters. The average Bonchev–Trinajstić information content (AvgIpc) is 2.82. The summed E-state index contributed by atoms with van der Waals surface area (Å²) in [4.78, 5) is 25.1. The number of hydrogen-bond donors (Lipinski definition) is 1. The molecule has 1 saturated heterocycles. The topological polar surface area (TPSA) is 111 Å². The van der Waals surface area contributed by atoms with Gasteiger partial charge in [0.15, 0.2) is 0 Å². The maximum Gasteiger partial charge on any atom is 0.274 e. The smallest absolute Gasteiger partial charge is 0.274 e. The number of aryl methyl sites for hydroxylation is 1. The summed E-state index contributed by atoms with van der Waals surface area (Å²) in [5.74, 6) is -0.320. The molecule has 1 N–H and O–H groups in total. The van der Waals surface area contributed by atoms with Crippen molar-refractivity contribution in [2.45, 2.75) is 17.9 Å². The number of aromatic nitrogens is 2. The Bertz CT molecular complexity index is 1310. The molecule has 0 aliphatic carbocycles. The first kappa shape index (κ1) is 22.1. The molecule has 32 heavy (non-hydrogen) atoms. The average molecular weight is 457 g/mol. The first-order valence-electron chi connectivity index (χ1n) is 10.3. The van der Waals surface area contributed by atoms with Crippen LogP contribution in [0.1, 0.15) is 11.3 Å². The number of benzene rings is 2. The van der Waals surface area contributed by atoms with E-state index in [1.165, 1.54) is 8.99 Å². The zero-order chi connectivity index (χ0) is 22.7. The van der Waals surface area contributed by atoms with Crippen LogP contribution in [0.2, 0.25) is 0 Å². The van der Waals surface area contributed by atoms with Gasteiger partial charge in [-0.1, -0.05) is 36.4 Å². The van der Waals surface area contributed by atoms with Crippen LogP contribution in [0.5, 0.6) is 0 Å². The molecule has 4 rings (SSSR count). The third kappa shape index (κ3) is 4.43. The van der Waals surface area contributed by atoms with E-state index in [0.717, 1.165) is 0 Å². The summed E-state index contributed by atoms with van der Waals surface area (Å²) in [6.45, 7) is 1.38. The number of nitrogens with one attached hydrogen (secondary N) is 1. The number of ether oxygens (including phenoxy) is 1. The van der Waals surface area contributed by atoms with Gasteiger partial charge in [0.2, 0.25) is 15.9 Å². The van der Waals surface area contributed by atoms with Crippen molar-refractivity contribution in [3.8, 4) is 0 Å². The highest BCUT2D eigenvalue weighted by Crippen LogP contribution is 2.21. The number of carbonyl (C=O) groups excluding carboxylic acids is 1. The van der Waals surface area contributed by atoms with E-state index in [1.54, 1.807) is 55.6 Å². The Balaban J connectivity index is 1.52. The van der Waals surface area contributed by atoms with Gasteiger partial charge in [0, 0.05) is 32.1 Å². The summed E-state index contributed by atoms with van der Waals surface area (Å²) in [5.41, 5.74) is 0.757. The Morgan fingerprint density at radius 3 is 2.47 bits per heavy atom. The van der Waals surface area contributed by atoms with E-state index < -0.39 is 10.0 Å². The minimum Gasteiger partial charge on any atom is -0.379 e. The van der Waals surface area contributed by atoms with Gasteiger partial charge in [0.05, 0.1) is 35.6 Å². The largest absolute Gasteiger partial charge is 0.379 e. The lowest BCUT2D eigenvalue weighted by Gasteiger charge is -2.27. The lowest BCUT2D eigenvalue weighted by Crippen LogP contribution is -2.41. The third-order valence-electron chi connectivity index (χ3n) is 5.40. The van der Waals surface area contributed by atoms with Gasteiger partial charge >= 0.3 is 0 Å². The molecule has 1 amide bonds. The van der Waals surface area contributed by atoms with Crippen molar-refractivity contribution < 1.29 is 17.9 Å². The van der Waals surface area contributed by atoms with Gasteiger partial charge in [-0.25, -0.2) is 13.1 Å². The molecule has 2 heterocycles. The molecule has 1 aliphatic rings. The third-order valence-corrected chi connectivity index (χ3v) is 7.40. The Kier molecular flexibility index (Phi) is 6.35. The van der Waals surface area contributed by atoms with E-state index in [2.05, 4.69) is 10.4 Å². The van der Waals surface area contributed by atoms with Crippen LogP contribution < -0.4 is 10.9 Å². The van der Waals surface area contributed by atoms with Crippen molar-refractivity contribution in [3.63, 3.8) is 0 Å². The molecular formula is C22H24N4O5S. The number of carbonyl (C=O) groups is 1. The van der Waals surface area contributed by atoms with Crippen molar-refractivity contribution in [2.24, 2.45) is 7.05 Å². The fraction of sp³-hybridized carbons (Fsp3) is 0.318. The fourth-order valence-electron chi connectivity index (χ4n) is 3.74. The normalized spacial score (nSPS) is 15.0. The van der Waals surface area contributed by atoms with Crippen LogP contribution in [0.4, 0.5) is 0 Å². The predicted molar refractivity (Wildman–Crippen MR) is 119 cm³/mol. The van der Waals surface area contributed by atoms with Crippen LogP contribution in [-0.2, 0) is 39.6 Å². The maximum absolute atomic E-state index is 13.1. The minimum absolute atomic E-state index is 0.0347. The summed E-state index contributed by atoms with van der Waals surface area (Å²) < 4.78 is 34.0. The van der Waals surface area contributed by atoms with Crippen molar-refractivity contribution in [3.05, 3.63) is 70.1 Å². The predicted octanol–water partition coefficient (Wildman–Crippen LogP) is 0.813. The quantitative estimate of drug-likeness (QED) is 0.588. The fourth-order valence-corrected chi connectivity index (χ4v) is 5.37. The van der Waals surface area contributed by atoms with Crippen LogP contribution in [0, 0.1) is 0 Å². The number of hydrogen-bond acceptors (Lipinski definition) is 6. The second kappa shape index (κ2) is 9.19. The van der Waals surface area contributed by atoms with E-state index in [-0.39, 0.29) is 29.3 Å². The summed E-state index contributed by atoms with van der Waals surface area (Å²) in [6, 6.07) is 13.7. The molecule has 10 heteroatoms. The Morgan fingerprint density at radius 2 is 1.72 bits per heavy atom. The van der Waals surface area contributed by atoms with Crippen molar-refractivity contribution in [2.75, 3.05) is 26.3 Å². The first-order chi connectivity index (χ1) is 15.4. The van der Waals surface area contributed by atoms with Crippen molar-refractivity contribution >= 4 is 26.7 Å². The highest BCUT2D eigenvalue weighted by Gasteiger charge is 2.28. The minimum atomic E-state index is -3.69. The molecule has 2 aromatic carbocycles. The number of morpholine rings is 1. The molecule has 168 valence electrons. The molecular weight excluding hydrogens is 432 g/mol. The van der Waals surface area contributed by atoms with E-state index in [9.17, 15) is 18.0 Å².